The fraction of sp³-hybridized carbons (Fsp3) is 0.158. The Morgan fingerprint density at radius 3 is 2.17 bits per heavy atom. The molecule has 0 fully saturated rings. The van der Waals surface area contributed by atoms with Crippen LogP contribution in [0.3, 0.4) is 0 Å². The van der Waals surface area contributed by atoms with Gasteiger partial charge in [0.1, 0.15) is 0 Å². The van der Waals surface area contributed by atoms with Crippen molar-refractivity contribution in [2.24, 2.45) is 0 Å². The number of aryl methyl sites for hydroxylation is 1. The summed E-state index contributed by atoms with van der Waals surface area (Å²) in [6, 6.07) is 19.6. The second kappa shape index (κ2) is 8.54. The summed E-state index contributed by atoms with van der Waals surface area (Å²) in [4.78, 5) is 22.4. The van der Waals surface area contributed by atoms with Gasteiger partial charge in [-0.2, -0.15) is 0 Å². The molecular formula is C19H19NO3. The number of rotatable bonds is 7. The first-order valence-corrected chi connectivity index (χ1v) is 7.45. The van der Waals surface area contributed by atoms with Crippen molar-refractivity contribution in [3.05, 3.63) is 83.9 Å². The van der Waals surface area contributed by atoms with E-state index in [2.05, 4.69) is 5.32 Å². The van der Waals surface area contributed by atoms with Gasteiger partial charge in [-0.05, 0) is 24.0 Å². The number of carbonyl (C=O) groups is 2. The van der Waals surface area contributed by atoms with Crippen molar-refractivity contribution in [1.82, 2.24) is 5.32 Å². The highest BCUT2D eigenvalue weighted by molar-refractivity contribution is 5.94. The maximum atomic E-state index is 11.9. The number of carboxylic acid groups (broad SMARTS) is 1. The van der Waals surface area contributed by atoms with Crippen LogP contribution in [0.2, 0.25) is 0 Å². The van der Waals surface area contributed by atoms with E-state index in [1.807, 2.05) is 60.7 Å². The summed E-state index contributed by atoms with van der Waals surface area (Å²) < 4.78 is 0. The minimum Gasteiger partial charge on any atom is -0.478 e. The van der Waals surface area contributed by atoms with Gasteiger partial charge in [0.15, 0.2) is 0 Å². The molecule has 2 aromatic rings. The van der Waals surface area contributed by atoms with Gasteiger partial charge >= 0.3 is 5.97 Å². The number of amides is 1. The van der Waals surface area contributed by atoms with E-state index in [0.717, 1.165) is 30.6 Å². The lowest BCUT2D eigenvalue weighted by molar-refractivity contribution is -0.131. The van der Waals surface area contributed by atoms with Gasteiger partial charge in [0.05, 0.1) is 6.04 Å². The lowest BCUT2D eigenvalue weighted by Gasteiger charge is -2.18. The molecule has 118 valence electrons. The Kier molecular flexibility index (Phi) is 6.12. The number of nitrogens with one attached hydrogen (secondary N) is 1. The maximum absolute atomic E-state index is 11.9. The predicted octanol–water partition coefficient (Wildman–Crippen LogP) is 3.12. The van der Waals surface area contributed by atoms with Crippen LogP contribution in [0.5, 0.6) is 0 Å². The normalized spacial score (nSPS) is 12.0. The number of carbonyl (C=O) groups excluding carboxylic acids is 1. The predicted molar refractivity (Wildman–Crippen MR) is 88.9 cm³/mol. The lowest BCUT2D eigenvalue weighted by atomic mass is 9.99. The van der Waals surface area contributed by atoms with Crippen LogP contribution in [-0.2, 0) is 16.0 Å². The molecule has 0 aromatic heterocycles. The molecule has 1 unspecified atom stereocenters. The average molecular weight is 309 g/mol. The largest absolute Gasteiger partial charge is 0.478 e. The zero-order valence-electron chi connectivity index (χ0n) is 12.7. The van der Waals surface area contributed by atoms with Gasteiger partial charge in [0, 0.05) is 12.2 Å². The highest BCUT2D eigenvalue weighted by Crippen LogP contribution is 2.19. The molecule has 0 aliphatic rings. The SMILES string of the molecule is O=C(O)/C=C\C(=O)NC(CCc1ccccc1)c1ccccc1. The second-order valence-electron chi connectivity index (χ2n) is 5.17. The summed E-state index contributed by atoms with van der Waals surface area (Å²) in [6.07, 6.45) is 3.44. The molecule has 2 aromatic carbocycles. The number of benzene rings is 2. The third-order valence-electron chi connectivity index (χ3n) is 3.46. The Morgan fingerprint density at radius 2 is 1.57 bits per heavy atom. The fourth-order valence-corrected chi connectivity index (χ4v) is 2.33. The maximum Gasteiger partial charge on any atom is 0.328 e. The molecule has 0 bridgehead atoms. The molecule has 4 nitrogen and oxygen atoms in total. The van der Waals surface area contributed by atoms with Crippen molar-refractivity contribution in [2.45, 2.75) is 18.9 Å². The van der Waals surface area contributed by atoms with Crippen molar-refractivity contribution < 1.29 is 14.7 Å². The first kappa shape index (κ1) is 16.5. The third-order valence-corrected chi connectivity index (χ3v) is 3.46. The summed E-state index contributed by atoms with van der Waals surface area (Å²) in [5.74, 6) is -1.55. The fourth-order valence-electron chi connectivity index (χ4n) is 2.33. The molecule has 0 saturated heterocycles. The van der Waals surface area contributed by atoms with Crippen molar-refractivity contribution in [3.63, 3.8) is 0 Å². The standard InChI is InChI=1S/C19H19NO3/c21-18(13-14-19(22)23)20-17(16-9-5-2-6-10-16)12-11-15-7-3-1-4-8-15/h1-10,13-14,17H,11-12H2,(H,20,21)(H,22,23)/b14-13-. The van der Waals surface area contributed by atoms with E-state index >= 15 is 0 Å². The van der Waals surface area contributed by atoms with Gasteiger partial charge in [-0.15, -0.1) is 0 Å². The van der Waals surface area contributed by atoms with E-state index in [1.54, 1.807) is 0 Å². The summed E-state index contributed by atoms with van der Waals surface area (Å²) in [7, 11) is 0. The van der Waals surface area contributed by atoms with E-state index in [1.165, 1.54) is 5.56 Å². The zero-order chi connectivity index (χ0) is 16.5. The number of aliphatic carboxylic acids is 1. The van der Waals surface area contributed by atoms with Crippen LogP contribution in [0, 0.1) is 0 Å². The van der Waals surface area contributed by atoms with E-state index in [-0.39, 0.29) is 6.04 Å². The Labute approximate surface area is 135 Å². The Balaban J connectivity index is 2.06. The number of hydrogen-bond acceptors (Lipinski definition) is 2. The van der Waals surface area contributed by atoms with Crippen molar-refractivity contribution in [3.8, 4) is 0 Å². The van der Waals surface area contributed by atoms with Crippen LogP contribution in [0.25, 0.3) is 0 Å². The number of hydrogen-bond donors (Lipinski definition) is 2. The van der Waals surface area contributed by atoms with E-state index in [4.69, 9.17) is 5.11 Å². The van der Waals surface area contributed by atoms with Gasteiger partial charge in [-0.1, -0.05) is 60.7 Å². The molecule has 0 aliphatic carbocycles. The topological polar surface area (TPSA) is 66.4 Å². The zero-order valence-corrected chi connectivity index (χ0v) is 12.7. The van der Waals surface area contributed by atoms with Crippen LogP contribution >= 0.6 is 0 Å². The van der Waals surface area contributed by atoms with Crippen molar-refractivity contribution >= 4 is 11.9 Å². The van der Waals surface area contributed by atoms with E-state index < -0.39 is 11.9 Å². The summed E-state index contributed by atoms with van der Waals surface area (Å²) in [5.41, 5.74) is 2.20. The van der Waals surface area contributed by atoms with E-state index in [0.29, 0.717) is 0 Å². The van der Waals surface area contributed by atoms with Gasteiger partial charge in [0.2, 0.25) is 5.91 Å². The van der Waals surface area contributed by atoms with Crippen LogP contribution in [0.1, 0.15) is 23.6 Å². The molecule has 0 spiro atoms. The van der Waals surface area contributed by atoms with Crippen LogP contribution < -0.4 is 5.32 Å². The summed E-state index contributed by atoms with van der Waals surface area (Å²) in [5, 5.41) is 11.5. The van der Waals surface area contributed by atoms with Crippen LogP contribution in [-0.4, -0.2) is 17.0 Å². The summed E-state index contributed by atoms with van der Waals surface area (Å²) in [6.45, 7) is 0. The highest BCUT2D eigenvalue weighted by atomic mass is 16.4. The average Bonchev–Trinajstić information content (AvgIpc) is 2.58. The van der Waals surface area contributed by atoms with Crippen molar-refractivity contribution in [2.75, 3.05) is 0 Å². The monoisotopic (exact) mass is 309 g/mol. The highest BCUT2D eigenvalue weighted by Gasteiger charge is 2.13. The first-order chi connectivity index (χ1) is 11.1. The van der Waals surface area contributed by atoms with Gasteiger partial charge < -0.3 is 10.4 Å². The quantitative estimate of drug-likeness (QED) is 0.772. The Morgan fingerprint density at radius 1 is 0.957 bits per heavy atom. The molecular weight excluding hydrogens is 290 g/mol. The smallest absolute Gasteiger partial charge is 0.328 e. The summed E-state index contributed by atoms with van der Waals surface area (Å²) >= 11 is 0. The minimum absolute atomic E-state index is 0.164. The molecule has 23 heavy (non-hydrogen) atoms. The number of carboxylic acids is 1. The lowest BCUT2D eigenvalue weighted by Crippen LogP contribution is -2.27. The molecule has 1 atom stereocenters. The molecule has 0 saturated carbocycles. The molecule has 1 amide bonds. The van der Waals surface area contributed by atoms with Crippen LogP contribution in [0.15, 0.2) is 72.8 Å². The molecule has 2 N–H and O–H groups in total. The third kappa shape index (κ3) is 5.79. The molecule has 0 radical (unpaired) electrons. The van der Waals surface area contributed by atoms with E-state index in [9.17, 15) is 9.59 Å². The van der Waals surface area contributed by atoms with Gasteiger partial charge in [0.25, 0.3) is 0 Å². The Bertz CT molecular complexity index is 666. The molecule has 0 aliphatic heterocycles. The van der Waals surface area contributed by atoms with Gasteiger partial charge in [-0.25, -0.2) is 4.79 Å². The molecule has 4 heteroatoms. The minimum atomic E-state index is -1.14. The van der Waals surface area contributed by atoms with Gasteiger partial charge in [-0.3, -0.25) is 4.79 Å². The molecule has 0 heterocycles. The first-order valence-electron chi connectivity index (χ1n) is 7.45. The second-order valence-corrected chi connectivity index (χ2v) is 5.17. The van der Waals surface area contributed by atoms with Crippen molar-refractivity contribution in [1.29, 1.82) is 0 Å². The van der Waals surface area contributed by atoms with Crippen LogP contribution in [0.4, 0.5) is 0 Å². The molecule has 2 rings (SSSR count). The Hall–Kier alpha value is -2.88.